The van der Waals surface area contributed by atoms with Gasteiger partial charge in [-0.05, 0) is 48.7 Å². The van der Waals surface area contributed by atoms with Gasteiger partial charge in [0, 0.05) is 11.6 Å². The van der Waals surface area contributed by atoms with Crippen molar-refractivity contribution in [2.45, 2.75) is 44.2 Å². The van der Waals surface area contributed by atoms with E-state index < -0.39 is 23.2 Å². The Hall–Kier alpha value is -3.06. The second kappa shape index (κ2) is 10.5. The number of methoxy groups -OCH3 is 1. The van der Waals surface area contributed by atoms with Gasteiger partial charge in [-0.2, -0.15) is 0 Å². The molecule has 1 saturated carbocycles. The first-order valence-electron chi connectivity index (χ1n) is 10.3. The van der Waals surface area contributed by atoms with E-state index in [2.05, 4.69) is 5.32 Å². The van der Waals surface area contributed by atoms with Crippen LogP contribution >= 0.6 is 11.6 Å². The lowest BCUT2D eigenvalue weighted by atomic mass is 9.81. The molecule has 1 aliphatic carbocycles. The fourth-order valence-corrected chi connectivity index (χ4v) is 3.92. The highest BCUT2D eigenvalue weighted by Gasteiger charge is 2.40. The molecular formula is C24H25ClFNO5. The number of hydrogen-bond acceptors (Lipinski definition) is 4. The van der Waals surface area contributed by atoms with Crippen LogP contribution in [0.3, 0.4) is 0 Å². The average Bonchev–Trinajstić information content (AvgIpc) is 2.78. The first-order valence-corrected chi connectivity index (χ1v) is 10.7. The van der Waals surface area contributed by atoms with Gasteiger partial charge in [-0.1, -0.05) is 43.0 Å². The van der Waals surface area contributed by atoms with Crippen LogP contribution in [0, 0.1) is 5.82 Å². The highest BCUT2D eigenvalue weighted by molar-refractivity contribution is 6.31. The van der Waals surface area contributed by atoms with Crippen molar-refractivity contribution in [3.8, 4) is 11.5 Å². The molecule has 0 bridgehead atoms. The van der Waals surface area contributed by atoms with Crippen molar-refractivity contribution < 1.29 is 28.6 Å². The number of aliphatic carboxylic acids is 1. The third-order valence-electron chi connectivity index (χ3n) is 5.49. The van der Waals surface area contributed by atoms with Crippen molar-refractivity contribution in [1.29, 1.82) is 0 Å². The van der Waals surface area contributed by atoms with Crippen LogP contribution in [0.5, 0.6) is 11.5 Å². The van der Waals surface area contributed by atoms with E-state index in [-0.39, 0.29) is 11.6 Å². The molecule has 2 aromatic carbocycles. The van der Waals surface area contributed by atoms with Crippen LogP contribution < -0.4 is 14.8 Å². The summed E-state index contributed by atoms with van der Waals surface area (Å²) in [5.74, 6) is -0.973. The number of carbonyl (C=O) groups excluding carboxylic acids is 1. The topological polar surface area (TPSA) is 84.9 Å². The van der Waals surface area contributed by atoms with Gasteiger partial charge >= 0.3 is 5.97 Å². The number of rotatable bonds is 8. The molecule has 0 radical (unpaired) electrons. The third kappa shape index (κ3) is 5.79. The van der Waals surface area contributed by atoms with Crippen LogP contribution in [0.4, 0.5) is 4.39 Å². The van der Waals surface area contributed by atoms with Gasteiger partial charge in [-0.25, -0.2) is 9.18 Å². The Morgan fingerprint density at radius 1 is 1.16 bits per heavy atom. The van der Waals surface area contributed by atoms with Crippen molar-refractivity contribution in [2.24, 2.45) is 0 Å². The zero-order chi connectivity index (χ0) is 23.1. The van der Waals surface area contributed by atoms with E-state index in [0.717, 1.165) is 19.3 Å². The molecule has 6 nitrogen and oxygen atoms in total. The number of ether oxygens (including phenoxy) is 2. The summed E-state index contributed by atoms with van der Waals surface area (Å²) in [6, 6.07) is 9.20. The molecule has 0 heterocycles. The maximum absolute atomic E-state index is 13.2. The van der Waals surface area contributed by atoms with Gasteiger partial charge in [0.2, 0.25) is 5.91 Å². The SMILES string of the molecule is COc1cc(/C=C/C(=O)NC2(C(=O)O)CCCCC2)ccc1OCc1ccc(F)cc1Cl. The summed E-state index contributed by atoms with van der Waals surface area (Å²) in [6.45, 7) is 0.129. The van der Waals surface area contributed by atoms with Crippen molar-refractivity contribution in [1.82, 2.24) is 5.32 Å². The summed E-state index contributed by atoms with van der Waals surface area (Å²) in [5, 5.41) is 12.5. The van der Waals surface area contributed by atoms with Gasteiger partial charge in [-0.3, -0.25) is 4.79 Å². The molecule has 1 amide bonds. The number of nitrogens with one attached hydrogen (secondary N) is 1. The summed E-state index contributed by atoms with van der Waals surface area (Å²) >= 11 is 6.03. The molecule has 0 atom stereocenters. The first kappa shape index (κ1) is 23.6. The molecule has 0 unspecified atom stereocenters. The molecule has 0 aliphatic heterocycles. The standard InChI is InChI=1S/C24H25ClFNO5/c1-31-21-13-16(5-9-20(21)32-15-17-7-8-18(26)14-19(17)25)6-10-22(28)27-24(23(29)30)11-3-2-4-12-24/h5-10,13-14H,2-4,11-12,15H2,1H3,(H,27,28)(H,29,30)/b10-6+. The molecule has 2 N–H and O–H groups in total. The molecule has 32 heavy (non-hydrogen) atoms. The molecule has 0 saturated heterocycles. The molecular weight excluding hydrogens is 437 g/mol. The van der Waals surface area contributed by atoms with Crippen molar-refractivity contribution in [3.63, 3.8) is 0 Å². The Labute approximate surface area is 191 Å². The summed E-state index contributed by atoms with van der Waals surface area (Å²) < 4.78 is 24.3. The normalized spacial score (nSPS) is 15.3. The Morgan fingerprint density at radius 2 is 1.91 bits per heavy atom. The number of halogens is 2. The highest BCUT2D eigenvalue weighted by Crippen LogP contribution is 2.31. The predicted octanol–water partition coefficient (Wildman–Crippen LogP) is 4.98. The van der Waals surface area contributed by atoms with E-state index in [1.807, 2.05) is 0 Å². The van der Waals surface area contributed by atoms with Crippen molar-refractivity contribution in [3.05, 3.63) is 64.4 Å². The minimum atomic E-state index is -1.20. The lowest BCUT2D eigenvalue weighted by Gasteiger charge is -2.33. The smallest absolute Gasteiger partial charge is 0.329 e. The van der Waals surface area contributed by atoms with E-state index in [4.69, 9.17) is 21.1 Å². The Bertz CT molecular complexity index is 1020. The minimum Gasteiger partial charge on any atom is -0.493 e. The maximum atomic E-state index is 13.2. The fraction of sp³-hybridized carbons (Fsp3) is 0.333. The Balaban J connectivity index is 1.66. The van der Waals surface area contributed by atoms with Gasteiger partial charge in [0.15, 0.2) is 11.5 Å². The van der Waals surface area contributed by atoms with Crippen molar-refractivity contribution >= 4 is 29.6 Å². The summed E-state index contributed by atoms with van der Waals surface area (Å²) in [6.07, 6.45) is 6.28. The minimum absolute atomic E-state index is 0.129. The molecule has 2 aromatic rings. The second-order valence-electron chi connectivity index (χ2n) is 7.71. The Kier molecular flexibility index (Phi) is 7.75. The number of carbonyl (C=O) groups is 2. The molecule has 1 aliphatic rings. The van der Waals surface area contributed by atoms with Gasteiger partial charge < -0.3 is 19.9 Å². The zero-order valence-corrected chi connectivity index (χ0v) is 18.5. The largest absolute Gasteiger partial charge is 0.493 e. The highest BCUT2D eigenvalue weighted by atomic mass is 35.5. The van der Waals surface area contributed by atoms with Crippen LogP contribution in [0.2, 0.25) is 5.02 Å². The van der Waals surface area contributed by atoms with Crippen LogP contribution in [0.15, 0.2) is 42.5 Å². The van der Waals surface area contributed by atoms with Crippen LogP contribution in [-0.4, -0.2) is 29.6 Å². The van der Waals surface area contributed by atoms with Gasteiger partial charge in [-0.15, -0.1) is 0 Å². The number of hydrogen-bond donors (Lipinski definition) is 2. The molecule has 1 fully saturated rings. The van der Waals surface area contributed by atoms with Crippen LogP contribution in [0.25, 0.3) is 6.08 Å². The van der Waals surface area contributed by atoms with Crippen LogP contribution in [-0.2, 0) is 16.2 Å². The summed E-state index contributed by atoms with van der Waals surface area (Å²) in [7, 11) is 1.49. The molecule has 170 valence electrons. The van der Waals surface area contributed by atoms with Crippen LogP contribution in [0.1, 0.15) is 43.2 Å². The van der Waals surface area contributed by atoms with E-state index in [9.17, 15) is 19.1 Å². The monoisotopic (exact) mass is 461 g/mol. The maximum Gasteiger partial charge on any atom is 0.329 e. The molecule has 0 aromatic heterocycles. The third-order valence-corrected chi connectivity index (χ3v) is 5.84. The van der Waals surface area contributed by atoms with Gasteiger partial charge in [0.25, 0.3) is 0 Å². The Morgan fingerprint density at radius 3 is 2.56 bits per heavy atom. The lowest BCUT2D eigenvalue weighted by Crippen LogP contribution is -2.55. The molecule has 3 rings (SSSR count). The fourth-order valence-electron chi connectivity index (χ4n) is 3.70. The van der Waals surface area contributed by atoms with E-state index in [1.54, 1.807) is 30.3 Å². The summed E-state index contributed by atoms with van der Waals surface area (Å²) in [4.78, 5) is 24.1. The number of carboxylic acid groups (broad SMARTS) is 1. The summed E-state index contributed by atoms with van der Waals surface area (Å²) in [5.41, 5.74) is 0.111. The van der Waals surface area contributed by atoms with Crippen molar-refractivity contribution in [2.75, 3.05) is 7.11 Å². The van der Waals surface area contributed by atoms with Gasteiger partial charge in [0.1, 0.15) is 18.0 Å². The quantitative estimate of drug-likeness (QED) is 0.541. The molecule has 8 heteroatoms. The predicted molar refractivity (Wildman–Crippen MR) is 119 cm³/mol. The lowest BCUT2D eigenvalue weighted by molar-refractivity contribution is -0.148. The van der Waals surface area contributed by atoms with E-state index in [0.29, 0.717) is 35.5 Å². The van der Waals surface area contributed by atoms with Gasteiger partial charge in [0.05, 0.1) is 12.1 Å². The zero-order valence-electron chi connectivity index (χ0n) is 17.7. The van der Waals surface area contributed by atoms with E-state index >= 15 is 0 Å². The first-order chi connectivity index (χ1) is 15.3. The number of amides is 1. The number of carboxylic acids is 1. The average molecular weight is 462 g/mol. The second-order valence-corrected chi connectivity index (χ2v) is 8.11. The molecule has 0 spiro atoms. The number of benzene rings is 2. The van der Waals surface area contributed by atoms with E-state index in [1.165, 1.54) is 25.3 Å².